The Morgan fingerprint density at radius 3 is 2.19 bits per heavy atom. The SMILES string of the molecule is CCCNCc1ccc(S(=O)(=O)N(C)CCN(C)C)cc1. The van der Waals surface area contributed by atoms with Crippen LogP contribution in [-0.4, -0.2) is 58.4 Å². The van der Waals surface area contributed by atoms with Crippen LogP contribution < -0.4 is 5.32 Å². The monoisotopic (exact) mass is 313 g/mol. The summed E-state index contributed by atoms with van der Waals surface area (Å²) in [7, 11) is 2.09. The molecule has 0 aliphatic carbocycles. The van der Waals surface area contributed by atoms with Crippen molar-refractivity contribution in [2.24, 2.45) is 0 Å². The van der Waals surface area contributed by atoms with E-state index >= 15 is 0 Å². The van der Waals surface area contributed by atoms with Gasteiger partial charge in [-0.1, -0.05) is 19.1 Å². The topological polar surface area (TPSA) is 52.7 Å². The Kier molecular flexibility index (Phi) is 7.31. The first-order valence-corrected chi connectivity index (χ1v) is 8.72. The van der Waals surface area contributed by atoms with Crippen molar-refractivity contribution in [3.63, 3.8) is 0 Å². The van der Waals surface area contributed by atoms with E-state index < -0.39 is 10.0 Å². The molecule has 0 amide bonds. The molecule has 0 bridgehead atoms. The molecule has 1 aromatic rings. The van der Waals surface area contributed by atoms with Crippen LogP contribution in [-0.2, 0) is 16.6 Å². The first-order chi connectivity index (χ1) is 9.87. The zero-order chi connectivity index (χ0) is 15.9. The largest absolute Gasteiger partial charge is 0.313 e. The summed E-state index contributed by atoms with van der Waals surface area (Å²) in [6, 6.07) is 7.11. The molecular weight excluding hydrogens is 286 g/mol. The molecule has 0 unspecified atom stereocenters. The maximum absolute atomic E-state index is 12.4. The van der Waals surface area contributed by atoms with Gasteiger partial charge in [0.2, 0.25) is 10.0 Å². The van der Waals surface area contributed by atoms with E-state index in [1.54, 1.807) is 19.2 Å². The van der Waals surface area contributed by atoms with Gasteiger partial charge in [-0.3, -0.25) is 0 Å². The van der Waals surface area contributed by atoms with E-state index in [4.69, 9.17) is 0 Å². The zero-order valence-corrected chi connectivity index (χ0v) is 14.3. The Bertz CT molecular complexity index is 512. The van der Waals surface area contributed by atoms with Crippen LogP contribution in [0.2, 0.25) is 0 Å². The predicted molar refractivity (Wildman–Crippen MR) is 86.8 cm³/mol. The summed E-state index contributed by atoms with van der Waals surface area (Å²) >= 11 is 0. The summed E-state index contributed by atoms with van der Waals surface area (Å²) in [4.78, 5) is 2.32. The van der Waals surface area contributed by atoms with E-state index in [1.165, 1.54) is 4.31 Å². The Labute approximate surface area is 129 Å². The number of nitrogens with zero attached hydrogens (tertiary/aromatic N) is 2. The lowest BCUT2D eigenvalue weighted by Gasteiger charge is -2.19. The lowest BCUT2D eigenvalue weighted by Crippen LogP contribution is -2.33. The highest BCUT2D eigenvalue weighted by atomic mass is 32.2. The van der Waals surface area contributed by atoms with Crippen LogP contribution >= 0.6 is 0 Å². The van der Waals surface area contributed by atoms with Gasteiger partial charge >= 0.3 is 0 Å². The molecule has 0 aliphatic rings. The van der Waals surface area contributed by atoms with E-state index in [-0.39, 0.29) is 0 Å². The van der Waals surface area contributed by atoms with Gasteiger partial charge in [-0.15, -0.1) is 0 Å². The van der Waals surface area contributed by atoms with Crippen LogP contribution in [0, 0.1) is 0 Å². The van der Waals surface area contributed by atoms with E-state index in [2.05, 4.69) is 12.2 Å². The van der Waals surface area contributed by atoms with E-state index in [1.807, 2.05) is 31.1 Å². The van der Waals surface area contributed by atoms with Gasteiger partial charge in [0.05, 0.1) is 4.90 Å². The fourth-order valence-electron chi connectivity index (χ4n) is 1.83. The number of benzene rings is 1. The number of rotatable bonds is 9. The van der Waals surface area contributed by atoms with E-state index in [0.29, 0.717) is 18.0 Å². The van der Waals surface area contributed by atoms with Crippen LogP contribution in [0.25, 0.3) is 0 Å². The molecule has 0 saturated heterocycles. The van der Waals surface area contributed by atoms with Crippen molar-refractivity contribution in [1.82, 2.24) is 14.5 Å². The average Bonchev–Trinajstić information content (AvgIpc) is 2.45. The summed E-state index contributed by atoms with van der Waals surface area (Å²) in [5.41, 5.74) is 1.10. The highest BCUT2D eigenvalue weighted by molar-refractivity contribution is 7.89. The predicted octanol–water partition coefficient (Wildman–Crippen LogP) is 1.37. The highest BCUT2D eigenvalue weighted by Crippen LogP contribution is 2.15. The van der Waals surface area contributed by atoms with E-state index in [9.17, 15) is 8.42 Å². The Balaban J connectivity index is 2.70. The van der Waals surface area contributed by atoms with Crippen molar-refractivity contribution in [3.05, 3.63) is 29.8 Å². The zero-order valence-electron chi connectivity index (χ0n) is 13.5. The second-order valence-corrected chi connectivity index (χ2v) is 7.50. The van der Waals surface area contributed by atoms with Crippen LogP contribution in [0.3, 0.4) is 0 Å². The highest BCUT2D eigenvalue weighted by Gasteiger charge is 2.20. The molecule has 0 saturated carbocycles. The molecule has 5 nitrogen and oxygen atoms in total. The molecule has 0 aromatic heterocycles. The summed E-state index contributed by atoms with van der Waals surface area (Å²) < 4.78 is 26.2. The second kappa shape index (κ2) is 8.48. The van der Waals surface area contributed by atoms with Gasteiger partial charge in [-0.25, -0.2) is 8.42 Å². The normalized spacial score (nSPS) is 12.3. The van der Waals surface area contributed by atoms with Crippen molar-refractivity contribution < 1.29 is 8.42 Å². The van der Waals surface area contributed by atoms with Gasteiger partial charge in [0, 0.05) is 26.7 Å². The fourth-order valence-corrected chi connectivity index (χ4v) is 2.99. The smallest absolute Gasteiger partial charge is 0.242 e. The first kappa shape index (κ1) is 18.1. The van der Waals surface area contributed by atoms with Gasteiger partial charge < -0.3 is 10.2 Å². The van der Waals surface area contributed by atoms with Gasteiger partial charge in [-0.05, 0) is 44.8 Å². The van der Waals surface area contributed by atoms with Crippen molar-refractivity contribution in [2.45, 2.75) is 24.8 Å². The summed E-state index contributed by atoms with van der Waals surface area (Å²) in [5, 5.41) is 3.30. The van der Waals surface area contributed by atoms with Crippen LogP contribution in [0.15, 0.2) is 29.2 Å². The molecule has 0 radical (unpaired) electrons. The van der Waals surface area contributed by atoms with Gasteiger partial charge in [0.25, 0.3) is 0 Å². The maximum Gasteiger partial charge on any atom is 0.242 e. The van der Waals surface area contributed by atoms with Crippen LogP contribution in [0.1, 0.15) is 18.9 Å². The summed E-state index contributed by atoms with van der Waals surface area (Å²) in [6.45, 7) is 5.04. The van der Waals surface area contributed by atoms with E-state index in [0.717, 1.165) is 25.1 Å². The lowest BCUT2D eigenvalue weighted by molar-refractivity contribution is 0.358. The molecule has 0 spiro atoms. The summed E-state index contributed by atoms with van der Waals surface area (Å²) in [5.74, 6) is 0. The van der Waals surface area contributed by atoms with Crippen LogP contribution in [0.5, 0.6) is 0 Å². The molecular formula is C15H27N3O2S. The summed E-state index contributed by atoms with van der Waals surface area (Å²) in [6.07, 6.45) is 1.09. The molecule has 0 aliphatic heterocycles. The molecule has 0 heterocycles. The molecule has 1 aromatic carbocycles. The van der Waals surface area contributed by atoms with Crippen molar-refractivity contribution in [3.8, 4) is 0 Å². The first-order valence-electron chi connectivity index (χ1n) is 7.28. The van der Waals surface area contributed by atoms with Crippen molar-refractivity contribution >= 4 is 10.0 Å². The number of nitrogens with one attached hydrogen (secondary N) is 1. The molecule has 1 rings (SSSR count). The molecule has 1 N–H and O–H groups in total. The third kappa shape index (κ3) is 5.74. The minimum Gasteiger partial charge on any atom is -0.313 e. The number of hydrogen-bond acceptors (Lipinski definition) is 4. The van der Waals surface area contributed by atoms with Crippen LogP contribution in [0.4, 0.5) is 0 Å². The van der Waals surface area contributed by atoms with Crippen molar-refractivity contribution in [2.75, 3.05) is 40.8 Å². The molecule has 6 heteroatoms. The Morgan fingerprint density at radius 2 is 1.67 bits per heavy atom. The van der Waals surface area contributed by atoms with Gasteiger partial charge in [0.1, 0.15) is 0 Å². The Morgan fingerprint density at radius 1 is 1.05 bits per heavy atom. The second-order valence-electron chi connectivity index (χ2n) is 5.45. The average molecular weight is 313 g/mol. The third-order valence-electron chi connectivity index (χ3n) is 3.25. The van der Waals surface area contributed by atoms with Crippen molar-refractivity contribution in [1.29, 1.82) is 0 Å². The third-order valence-corrected chi connectivity index (χ3v) is 5.12. The minimum atomic E-state index is -3.39. The number of sulfonamides is 1. The lowest BCUT2D eigenvalue weighted by atomic mass is 10.2. The fraction of sp³-hybridized carbons (Fsp3) is 0.600. The van der Waals surface area contributed by atoms with Gasteiger partial charge in [-0.2, -0.15) is 4.31 Å². The number of hydrogen-bond donors (Lipinski definition) is 1. The molecule has 0 fully saturated rings. The van der Waals surface area contributed by atoms with Gasteiger partial charge in [0.15, 0.2) is 0 Å². The quantitative estimate of drug-likeness (QED) is 0.700. The maximum atomic E-state index is 12.4. The Hall–Kier alpha value is -0.950. The standard InChI is InChI=1S/C15H27N3O2S/c1-5-10-16-13-14-6-8-15(9-7-14)21(19,20)18(4)12-11-17(2)3/h6-9,16H,5,10-13H2,1-4H3. The molecule has 21 heavy (non-hydrogen) atoms. The molecule has 120 valence electrons. The minimum absolute atomic E-state index is 0.350. The molecule has 0 atom stereocenters. The number of likely N-dealkylation sites (N-methyl/N-ethyl adjacent to an activating group) is 2.